The van der Waals surface area contributed by atoms with Gasteiger partial charge >= 0.3 is 11.9 Å². The fourth-order valence-corrected chi connectivity index (χ4v) is 0.0781. The minimum atomic E-state index is -1.63. The summed E-state index contributed by atoms with van der Waals surface area (Å²) in [5, 5.41) is 39.5. The minimum Gasteiger partial charge on any atom is -0.479 e. The molecule has 0 saturated heterocycles. The predicted octanol–water partition coefficient (Wildman–Crippen LogP) is -2.12. The van der Waals surface area contributed by atoms with Crippen molar-refractivity contribution in [3.8, 4) is 0 Å². The van der Waals surface area contributed by atoms with Crippen LogP contribution in [0.5, 0.6) is 0 Å². The van der Waals surface area contributed by atoms with E-state index in [-0.39, 0.29) is 0 Å². The molecule has 0 aromatic heterocycles. The van der Waals surface area contributed by atoms with Crippen LogP contribution < -0.4 is 0 Å². The van der Waals surface area contributed by atoms with Gasteiger partial charge in [0, 0.05) is 0 Å². The molecule has 0 rings (SSSR count). The summed E-state index contributed by atoms with van der Waals surface area (Å²) in [6, 6.07) is 0. The van der Waals surface area contributed by atoms with Crippen LogP contribution in [0, 0.1) is 0 Å². The van der Waals surface area contributed by atoms with Crippen molar-refractivity contribution in [2.45, 2.75) is 19.1 Å². The average Bonchev–Trinajstić information content (AvgIpc) is 2.03. The van der Waals surface area contributed by atoms with Crippen molar-refractivity contribution in [2.75, 3.05) is 6.61 Å². The summed E-state index contributed by atoms with van der Waals surface area (Å²) in [7, 11) is 0. The lowest BCUT2D eigenvalue weighted by molar-refractivity contribution is -0.148. The second kappa shape index (κ2) is 7.47. The maximum absolute atomic E-state index is 9.52. The Kier molecular flexibility index (Phi) is 8.24. The Morgan fingerprint density at radius 2 is 1.46 bits per heavy atom. The first-order chi connectivity index (χ1) is 5.82. The van der Waals surface area contributed by atoms with Gasteiger partial charge in [0.25, 0.3) is 0 Å². The third kappa shape index (κ3) is 10.8. The highest BCUT2D eigenvalue weighted by Gasteiger charge is 2.08. The first-order valence-corrected chi connectivity index (χ1v) is 3.25. The molecule has 0 fully saturated rings. The molecule has 0 aliphatic rings. The first-order valence-electron chi connectivity index (χ1n) is 3.25. The van der Waals surface area contributed by atoms with Crippen molar-refractivity contribution < 1.29 is 35.1 Å². The van der Waals surface area contributed by atoms with Gasteiger partial charge in [0.15, 0.2) is 6.10 Å². The molecule has 0 aliphatic heterocycles. The summed E-state index contributed by atoms with van der Waals surface area (Å²) < 4.78 is 0. The molecule has 5 N–H and O–H groups in total. The molecule has 0 spiro atoms. The van der Waals surface area contributed by atoms with E-state index in [4.69, 9.17) is 25.5 Å². The van der Waals surface area contributed by atoms with Crippen molar-refractivity contribution in [3.63, 3.8) is 0 Å². The number of hydrogen-bond donors (Lipinski definition) is 5. The van der Waals surface area contributed by atoms with Gasteiger partial charge in [-0.15, -0.1) is 0 Å². The van der Waals surface area contributed by atoms with Gasteiger partial charge in [0.1, 0.15) is 6.10 Å². The fraction of sp³-hybridized carbons (Fsp3) is 0.667. The van der Waals surface area contributed by atoms with Crippen molar-refractivity contribution in [2.24, 2.45) is 0 Å². The molecule has 0 saturated carbocycles. The molecular formula is C6H12O7. The Bertz CT molecular complexity index is 164. The second-order valence-corrected chi connectivity index (χ2v) is 2.05. The van der Waals surface area contributed by atoms with Crippen LogP contribution in [0.4, 0.5) is 0 Å². The molecule has 13 heavy (non-hydrogen) atoms. The van der Waals surface area contributed by atoms with Crippen LogP contribution >= 0.6 is 0 Å². The van der Waals surface area contributed by atoms with Crippen molar-refractivity contribution in [3.05, 3.63) is 0 Å². The Labute approximate surface area is 73.9 Å². The Morgan fingerprint density at radius 3 is 1.46 bits per heavy atom. The second-order valence-electron chi connectivity index (χ2n) is 2.05. The van der Waals surface area contributed by atoms with Gasteiger partial charge in [-0.2, -0.15) is 0 Å². The summed E-state index contributed by atoms with van der Waals surface area (Å²) >= 11 is 0. The molecule has 7 nitrogen and oxygen atoms in total. The quantitative estimate of drug-likeness (QED) is 0.348. The van der Waals surface area contributed by atoms with Crippen molar-refractivity contribution in [1.82, 2.24) is 0 Å². The molecule has 7 heteroatoms. The summed E-state index contributed by atoms with van der Waals surface area (Å²) in [6.07, 6.45) is -2.86. The molecule has 78 valence electrons. The standard InChI is InChI=1S/C3H6O4.C3H6O3/c4-1-2(5)3(6)7;1-2(4)3(5)6/h2,4-5H,1H2,(H,6,7);2,4H,1H3,(H,5,6). The molecule has 0 radical (unpaired) electrons. The maximum atomic E-state index is 9.52. The van der Waals surface area contributed by atoms with Gasteiger partial charge in [-0.05, 0) is 6.92 Å². The molecular weight excluding hydrogens is 184 g/mol. The minimum absolute atomic E-state index is 0.727. The Hall–Kier alpha value is -1.18. The van der Waals surface area contributed by atoms with Crippen LogP contribution in [0.3, 0.4) is 0 Å². The summed E-state index contributed by atoms with van der Waals surface area (Å²) in [6.45, 7) is 0.470. The zero-order valence-electron chi connectivity index (χ0n) is 6.91. The van der Waals surface area contributed by atoms with E-state index >= 15 is 0 Å². The van der Waals surface area contributed by atoms with E-state index in [0.717, 1.165) is 0 Å². The number of aliphatic hydroxyl groups is 3. The van der Waals surface area contributed by atoms with E-state index in [0.29, 0.717) is 0 Å². The van der Waals surface area contributed by atoms with Gasteiger partial charge in [0.05, 0.1) is 6.61 Å². The van der Waals surface area contributed by atoms with Crippen LogP contribution in [0.25, 0.3) is 0 Å². The smallest absolute Gasteiger partial charge is 0.334 e. The van der Waals surface area contributed by atoms with Crippen molar-refractivity contribution >= 4 is 11.9 Å². The number of rotatable bonds is 3. The number of carboxylic acid groups (broad SMARTS) is 2. The van der Waals surface area contributed by atoms with Gasteiger partial charge in [0.2, 0.25) is 0 Å². The normalized spacial score (nSPS) is 13.5. The number of carbonyl (C=O) groups is 2. The van der Waals surface area contributed by atoms with Crippen molar-refractivity contribution in [1.29, 1.82) is 0 Å². The average molecular weight is 196 g/mol. The fourth-order valence-electron chi connectivity index (χ4n) is 0.0781. The van der Waals surface area contributed by atoms with E-state index in [1.54, 1.807) is 0 Å². The Morgan fingerprint density at radius 1 is 1.15 bits per heavy atom. The monoisotopic (exact) mass is 196 g/mol. The molecule has 0 aliphatic carbocycles. The van der Waals surface area contributed by atoms with Gasteiger partial charge < -0.3 is 25.5 Å². The van der Waals surface area contributed by atoms with Gasteiger partial charge in [-0.3, -0.25) is 0 Å². The topological polar surface area (TPSA) is 135 Å². The summed E-state index contributed by atoms with van der Waals surface area (Å²) in [4.78, 5) is 19.0. The van der Waals surface area contributed by atoms with Crippen LogP contribution in [-0.4, -0.2) is 56.3 Å². The molecule has 0 bridgehead atoms. The Balaban J connectivity index is 0. The largest absolute Gasteiger partial charge is 0.479 e. The van der Waals surface area contributed by atoms with Crippen LogP contribution in [0.1, 0.15) is 6.92 Å². The zero-order chi connectivity index (χ0) is 11.0. The molecule has 0 amide bonds. The highest BCUT2D eigenvalue weighted by Crippen LogP contribution is 1.76. The highest BCUT2D eigenvalue weighted by atomic mass is 16.4. The van der Waals surface area contributed by atoms with E-state index in [2.05, 4.69) is 0 Å². The van der Waals surface area contributed by atoms with Gasteiger partial charge in [-0.1, -0.05) is 0 Å². The number of aliphatic carboxylic acids is 2. The lowest BCUT2D eigenvalue weighted by Gasteiger charge is -1.95. The number of carboxylic acids is 2. The third-order valence-electron chi connectivity index (χ3n) is 0.815. The van der Waals surface area contributed by atoms with E-state index in [1.807, 2.05) is 0 Å². The van der Waals surface area contributed by atoms with E-state index in [1.165, 1.54) is 6.92 Å². The molecule has 2 unspecified atom stereocenters. The van der Waals surface area contributed by atoms with Gasteiger partial charge in [-0.25, -0.2) is 9.59 Å². The predicted molar refractivity (Wildman–Crippen MR) is 40.0 cm³/mol. The number of hydrogen-bond acceptors (Lipinski definition) is 5. The van der Waals surface area contributed by atoms with E-state index < -0.39 is 30.8 Å². The molecule has 0 aromatic rings. The summed E-state index contributed by atoms with van der Waals surface area (Å²) in [5.41, 5.74) is 0. The zero-order valence-corrected chi connectivity index (χ0v) is 6.91. The molecule has 0 heterocycles. The van der Waals surface area contributed by atoms with Crippen LogP contribution in [0.2, 0.25) is 0 Å². The lowest BCUT2D eigenvalue weighted by Crippen LogP contribution is -2.22. The van der Waals surface area contributed by atoms with E-state index in [9.17, 15) is 9.59 Å². The summed E-state index contributed by atoms with van der Waals surface area (Å²) in [5.74, 6) is -2.59. The van der Waals surface area contributed by atoms with Crippen LogP contribution in [-0.2, 0) is 9.59 Å². The lowest BCUT2D eigenvalue weighted by atomic mass is 10.4. The molecule has 2 atom stereocenters. The molecule has 0 aromatic carbocycles. The SMILES string of the molecule is CC(O)C(=O)O.O=C(O)C(O)CO. The third-order valence-corrected chi connectivity index (χ3v) is 0.815. The van der Waals surface area contributed by atoms with Crippen LogP contribution in [0.15, 0.2) is 0 Å². The highest BCUT2D eigenvalue weighted by molar-refractivity contribution is 5.72. The maximum Gasteiger partial charge on any atom is 0.334 e. The number of aliphatic hydroxyl groups excluding tert-OH is 3. The first kappa shape index (κ1) is 14.3.